The fourth-order valence-electron chi connectivity index (χ4n) is 4.62. The van der Waals surface area contributed by atoms with Crippen molar-refractivity contribution in [2.24, 2.45) is 29.1 Å². The van der Waals surface area contributed by atoms with Gasteiger partial charge in [0.2, 0.25) is 0 Å². The number of fused-ring (bicyclic) bond motifs is 3. The van der Waals surface area contributed by atoms with Crippen molar-refractivity contribution in [2.45, 2.75) is 52.6 Å². The van der Waals surface area contributed by atoms with Crippen LogP contribution in [-0.4, -0.2) is 17.9 Å². The monoisotopic (exact) mass is 250 g/mol. The van der Waals surface area contributed by atoms with Gasteiger partial charge < -0.3 is 4.74 Å². The summed E-state index contributed by atoms with van der Waals surface area (Å²) in [5, 5.41) is 0. The van der Waals surface area contributed by atoms with E-state index in [9.17, 15) is 9.59 Å². The van der Waals surface area contributed by atoms with E-state index >= 15 is 0 Å². The number of Topliss-reactive ketones (excluding diaryl/α,β-unsaturated/α-hetero) is 1. The zero-order valence-electron chi connectivity index (χ0n) is 11.4. The van der Waals surface area contributed by atoms with E-state index in [0.717, 1.165) is 19.3 Å². The van der Waals surface area contributed by atoms with Crippen molar-refractivity contribution in [1.82, 2.24) is 0 Å². The molecule has 3 aliphatic rings. The summed E-state index contributed by atoms with van der Waals surface area (Å²) in [7, 11) is 0. The minimum absolute atomic E-state index is 0.00880. The van der Waals surface area contributed by atoms with Crippen molar-refractivity contribution in [2.75, 3.05) is 0 Å². The summed E-state index contributed by atoms with van der Waals surface area (Å²) in [6.45, 7) is 6.29. The van der Waals surface area contributed by atoms with Gasteiger partial charge in [-0.15, -0.1) is 0 Å². The minimum atomic E-state index is -0.0560. The molecule has 0 radical (unpaired) electrons. The molecule has 2 aliphatic carbocycles. The molecule has 2 saturated carbocycles. The van der Waals surface area contributed by atoms with Gasteiger partial charge >= 0.3 is 5.97 Å². The molecule has 1 heterocycles. The molecule has 0 aromatic rings. The van der Waals surface area contributed by atoms with Crippen molar-refractivity contribution >= 4 is 11.8 Å². The van der Waals surface area contributed by atoms with Crippen LogP contribution in [-0.2, 0) is 14.3 Å². The molecule has 100 valence electrons. The summed E-state index contributed by atoms with van der Waals surface area (Å²) >= 11 is 0. The highest BCUT2D eigenvalue weighted by molar-refractivity contribution is 5.82. The number of esters is 1. The second-order valence-electron chi connectivity index (χ2n) is 6.83. The zero-order chi connectivity index (χ0) is 13.1. The van der Waals surface area contributed by atoms with Crippen LogP contribution in [0, 0.1) is 29.1 Å². The van der Waals surface area contributed by atoms with Crippen LogP contribution in [0.25, 0.3) is 0 Å². The van der Waals surface area contributed by atoms with Crippen LogP contribution < -0.4 is 0 Å². The largest absolute Gasteiger partial charge is 0.461 e. The van der Waals surface area contributed by atoms with Gasteiger partial charge in [0.25, 0.3) is 0 Å². The Morgan fingerprint density at radius 1 is 1.17 bits per heavy atom. The van der Waals surface area contributed by atoms with Gasteiger partial charge in [0, 0.05) is 24.2 Å². The third-order valence-corrected chi connectivity index (χ3v) is 5.88. The summed E-state index contributed by atoms with van der Waals surface area (Å²) in [5.41, 5.74) is 0.193. The number of ketones is 1. The first-order chi connectivity index (χ1) is 8.44. The molecular weight excluding hydrogens is 228 g/mol. The molecule has 0 bridgehead atoms. The Balaban J connectivity index is 1.96. The summed E-state index contributed by atoms with van der Waals surface area (Å²) in [6, 6.07) is 0. The van der Waals surface area contributed by atoms with Gasteiger partial charge in [-0.2, -0.15) is 0 Å². The van der Waals surface area contributed by atoms with E-state index in [1.165, 1.54) is 0 Å². The van der Waals surface area contributed by atoms with Crippen LogP contribution in [0.1, 0.15) is 46.5 Å². The van der Waals surface area contributed by atoms with E-state index in [2.05, 4.69) is 6.92 Å². The Hall–Kier alpha value is -0.860. The summed E-state index contributed by atoms with van der Waals surface area (Å²) < 4.78 is 5.64. The number of hydrogen-bond acceptors (Lipinski definition) is 3. The standard InChI is InChI=1S/C15H22O3/c1-8-10-4-6-15(3)7-5-11(16)9(2)12(15)13(10)18-14(8)17/h8-10,12-13H,4-7H2,1-3H3/t8-,9-,10-,12-,13-,15-/m0/s1. The summed E-state index contributed by atoms with van der Waals surface area (Å²) in [6.07, 6.45) is 3.87. The predicted molar refractivity (Wildman–Crippen MR) is 66.8 cm³/mol. The maximum atomic E-state index is 12.0. The average Bonchev–Trinajstić information content (AvgIpc) is 2.60. The highest BCUT2D eigenvalue weighted by Crippen LogP contribution is 2.56. The maximum Gasteiger partial charge on any atom is 0.309 e. The fourth-order valence-corrected chi connectivity index (χ4v) is 4.62. The lowest BCUT2D eigenvalue weighted by atomic mass is 9.53. The van der Waals surface area contributed by atoms with Gasteiger partial charge in [-0.3, -0.25) is 9.59 Å². The Kier molecular flexibility index (Phi) is 2.58. The Morgan fingerprint density at radius 3 is 2.61 bits per heavy atom. The predicted octanol–water partition coefficient (Wildman–Crippen LogP) is 2.58. The quantitative estimate of drug-likeness (QED) is 0.621. The van der Waals surface area contributed by atoms with E-state index in [4.69, 9.17) is 4.74 Å². The second-order valence-corrected chi connectivity index (χ2v) is 6.83. The molecule has 3 fully saturated rings. The minimum Gasteiger partial charge on any atom is -0.461 e. The topological polar surface area (TPSA) is 43.4 Å². The van der Waals surface area contributed by atoms with Crippen molar-refractivity contribution in [1.29, 1.82) is 0 Å². The summed E-state index contributed by atoms with van der Waals surface area (Å²) in [4.78, 5) is 23.8. The van der Waals surface area contributed by atoms with Crippen LogP contribution in [0.15, 0.2) is 0 Å². The first-order valence-corrected chi connectivity index (χ1v) is 7.17. The van der Waals surface area contributed by atoms with E-state index in [1.807, 2.05) is 13.8 Å². The molecule has 3 rings (SSSR count). The van der Waals surface area contributed by atoms with Crippen LogP contribution >= 0.6 is 0 Å². The van der Waals surface area contributed by atoms with Gasteiger partial charge in [-0.05, 0) is 24.7 Å². The van der Waals surface area contributed by atoms with E-state index in [0.29, 0.717) is 18.1 Å². The number of ether oxygens (including phenoxy) is 1. The molecule has 3 nitrogen and oxygen atoms in total. The van der Waals surface area contributed by atoms with Crippen molar-refractivity contribution in [3.8, 4) is 0 Å². The number of carbonyl (C=O) groups excluding carboxylic acids is 2. The molecular formula is C15H22O3. The highest BCUT2D eigenvalue weighted by atomic mass is 16.6. The first kappa shape index (κ1) is 12.2. The van der Waals surface area contributed by atoms with Crippen LogP contribution in [0.2, 0.25) is 0 Å². The van der Waals surface area contributed by atoms with Gasteiger partial charge in [0.05, 0.1) is 5.92 Å². The molecule has 0 aromatic heterocycles. The lowest BCUT2D eigenvalue weighted by Crippen LogP contribution is -2.52. The zero-order valence-corrected chi connectivity index (χ0v) is 11.4. The fraction of sp³-hybridized carbons (Fsp3) is 0.867. The summed E-state index contributed by atoms with van der Waals surface area (Å²) in [5.74, 6) is 0.946. The smallest absolute Gasteiger partial charge is 0.309 e. The van der Waals surface area contributed by atoms with E-state index in [1.54, 1.807) is 0 Å². The Morgan fingerprint density at radius 2 is 1.89 bits per heavy atom. The molecule has 0 amide bonds. The SMILES string of the molecule is C[C@@H]1C(=O)O[C@H]2[C@H]1CC[C@@]1(C)CCC(=O)[C@H](C)[C@@H]21. The Bertz CT molecular complexity index is 403. The molecule has 0 spiro atoms. The van der Waals surface area contributed by atoms with E-state index in [-0.39, 0.29) is 35.2 Å². The van der Waals surface area contributed by atoms with Crippen LogP contribution in [0.3, 0.4) is 0 Å². The number of rotatable bonds is 0. The van der Waals surface area contributed by atoms with Crippen molar-refractivity contribution in [3.63, 3.8) is 0 Å². The molecule has 0 N–H and O–H groups in total. The first-order valence-electron chi connectivity index (χ1n) is 7.17. The average molecular weight is 250 g/mol. The molecule has 3 heteroatoms. The lowest BCUT2D eigenvalue weighted by Gasteiger charge is -2.51. The third kappa shape index (κ3) is 1.49. The molecule has 0 aromatic carbocycles. The Labute approximate surface area is 108 Å². The molecule has 1 aliphatic heterocycles. The number of hydrogen-bond donors (Lipinski definition) is 0. The van der Waals surface area contributed by atoms with Gasteiger partial charge in [0.15, 0.2) is 0 Å². The van der Waals surface area contributed by atoms with Gasteiger partial charge in [-0.1, -0.05) is 20.8 Å². The molecule has 1 saturated heterocycles. The normalized spacial score (nSPS) is 51.6. The lowest BCUT2D eigenvalue weighted by molar-refractivity contribution is -0.158. The molecule has 6 atom stereocenters. The molecule has 18 heavy (non-hydrogen) atoms. The van der Waals surface area contributed by atoms with Gasteiger partial charge in [0.1, 0.15) is 11.9 Å². The number of carbonyl (C=O) groups is 2. The maximum absolute atomic E-state index is 12.0. The van der Waals surface area contributed by atoms with Crippen LogP contribution in [0.4, 0.5) is 0 Å². The molecule has 0 unspecified atom stereocenters. The van der Waals surface area contributed by atoms with Crippen LogP contribution in [0.5, 0.6) is 0 Å². The van der Waals surface area contributed by atoms with Crippen molar-refractivity contribution < 1.29 is 14.3 Å². The van der Waals surface area contributed by atoms with Crippen molar-refractivity contribution in [3.05, 3.63) is 0 Å². The second kappa shape index (κ2) is 3.82. The van der Waals surface area contributed by atoms with E-state index < -0.39 is 0 Å². The highest BCUT2D eigenvalue weighted by Gasteiger charge is 2.58. The third-order valence-electron chi connectivity index (χ3n) is 5.88. The van der Waals surface area contributed by atoms with Gasteiger partial charge in [-0.25, -0.2) is 0 Å².